The highest BCUT2D eigenvalue weighted by molar-refractivity contribution is 7.91. The summed E-state index contributed by atoms with van der Waals surface area (Å²) in [5.74, 6) is -9.60. The van der Waals surface area contributed by atoms with E-state index in [0.717, 1.165) is 13.8 Å². The molecule has 7 atom stereocenters. The molecular weight excluding hydrogens is 792 g/mol. The number of halogens is 3. The van der Waals surface area contributed by atoms with Crippen LogP contribution in [0.25, 0.3) is 10.8 Å². The normalized spacial score (nSPS) is 30.3. The van der Waals surface area contributed by atoms with E-state index in [2.05, 4.69) is 4.98 Å². The van der Waals surface area contributed by atoms with Gasteiger partial charge in [-0.25, -0.2) is 26.6 Å². The van der Waals surface area contributed by atoms with Gasteiger partial charge in [0, 0.05) is 35.5 Å². The van der Waals surface area contributed by atoms with Crippen LogP contribution in [0, 0.1) is 34.9 Å². The summed E-state index contributed by atoms with van der Waals surface area (Å²) in [6.45, 7) is 3.48. The van der Waals surface area contributed by atoms with E-state index in [9.17, 15) is 36.0 Å². The molecule has 1 aromatic heterocycles. The van der Waals surface area contributed by atoms with Crippen LogP contribution in [-0.4, -0.2) is 83.9 Å². The van der Waals surface area contributed by atoms with Gasteiger partial charge in [0.1, 0.15) is 6.10 Å². The summed E-state index contributed by atoms with van der Waals surface area (Å²) in [5, 5.41) is 0.799. The number of allylic oxidation sites excluding steroid dienone is 2. The molecule has 2 aliphatic carbocycles. The molecule has 324 valence electrons. The molecule has 3 heterocycles. The molecule has 0 bridgehead atoms. The molecule has 0 radical (unpaired) electrons. The lowest BCUT2D eigenvalue weighted by atomic mass is 9.79. The van der Waals surface area contributed by atoms with Crippen molar-refractivity contribution in [2.24, 2.45) is 29.1 Å². The third kappa shape index (κ3) is 9.12. The molecule has 12 nitrogen and oxygen atoms in total. The van der Waals surface area contributed by atoms with Gasteiger partial charge in [0.25, 0.3) is 5.92 Å². The van der Waals surface area contributed by atoms with Crippen molar-refractivity contribution >= 4 is 44.4 Å². The second kappa shape index (κ2) is 16.3. The lowest BCUT2D eigenvalue weighted by Gasteiger charge is -2.35. The Labute approximate surface area is 348 Å². The van der Waals surface area contributed by atoms with E-state index in [1.807, 2.05) is 24.6 Å². The number of nitrogens with zero attached hydrogens (tertiary/aromatic N) is 2. The summed E-state index contributed by atoms with van der Waals surface area (Å²) < 4.78 is 111. The summed E-state index contributed by atoms with van der Waals surface area (Å²) >= 11 is 0. The number of ketones is 1. The van der Waals surface area contributed by atoms with Crippen molar-refractivity contribution in [1.29, 1.82) is 0 Å². The van der Waals surface area contributed by atoms with E-state index in [4.69, 9.17) is 18.3 Å². The fraction of sp³-hybridized carbons (Fsp3) is 0.651. The van der Waals surface area contributed by atoms with Gasteiger partial charge < -0.3 is 19.1 Å². The molecule has 6 rings (SSSR count). The molecule has 16 heteroatoms. The third-order valence-corrected chi connectivity index (χ3v) is 14.7. The van der Waals surface area contributed by atoms with E-state index in [1.54, 1.807) is 12.1 Å². The monoisotopic (exact) mass is 850 g/mol. The average Bonchev–Trinajstić information content (AvgIpc) is 4.09. The molecule has 2 aromatic rings. The zero-order valence-corrected chi connectivity index (χ0v) is 35.1. The van der Waals surface area contributed by atoms with Crippen LogP contribution in [0.2, 0.25) is 0 Å². The number of sulfonamides is 1. The van der Waals surface area contributed by atoms with Gasteiger partial charge in [-0.1, -0.05) is 32.4 Å². The van der Waals surface area contributed by atoms with Gasteiger partial charge in [0.05, 0.1) is 42.2 Å². The summed E-state index contributed by atoms with van der Waals surface area (Å²) in [4.78, 5) is 63.1. The Bertz CT molecular complexity index is 2230. The number of esters is 1. The van der Waals surface area contributed by atoms with Gasteiger partial charge in [-0.3, -0.25) is 23.9 Å². The molecule has 59 heavy (non-hydrogen) atoms. The SMILES string of the molecule is [2H]C([2H])([2H])C1(S(=O)(=O)NC(=O)[C@]23CC(=O)[C@@H]4C[C@@H](Oc5nccc6cc(OC)c(F)cc56)CN4C(=O)[C@@H](CC(=O)OC(C)(C)C(C)(F)F)[C@H](CC)C[C@@H](C)CC/C=C\[C@@H]2C3)CC1. The molecule has 2 aliphatic heterocycles. The highest BCUT2D eigenvalue weighted by Gasteiger charge is 2.63. The first-order valence-corrected chi connectivity index (χ1v) is 21.7. The standard InChI is InChI=1S/C43H56F3N3O9S/c1-8-26-17-25(2)11-9-10-12-28-22-43(28,39(53)48-59(54,55)41(5)14-15-41)23-34(50)33-19-29(57-37-30-20-32(44)35(56-7)18-27(30)13-16-47-37)24-49(33)38(52)31(26)21-36(51)58-40(3,4)42(6,45)46/h10,12-13,16,18,20,25-26,28-29,31,33H,8-9,11,14-15,17,19,21-24H2,1-7H3,(H,48,53)/b12-10-/t25-,26+,28+,29+,31-,33-,43+/m0/s1/i5D3. The number of rotatable bonds is 11. The quantitative estimate of drug-likeness (QED) is 0.183. The van der Waals surface area contributed by atoms with Crippen molar-refractivity contribution < 1.29 is 59.1 Å². The zero-order valence-electron chi connectivity index (χ0n) is 37.3. The number of hydrogen-bond donors (Lipinski definition) is 1. The molecule has 4 aliphatic rings. The van der Waals surface area contributed by atoms with Crippen LogP contribution in [0.15, 0.2) is 36.5 Å². The van der Waals surface area contributed by atoms with Crippen molar-refractivity contribution in [3.8, 4) is 11.6 Å². The highest BCUT2D eigenvalue weighted by Crippen LogP contribution is 2.58. The van der Waals surface area contributed by atoms with E-state index >= 15 is 4.79 Å². The number of methoxy groups -OCH3 is 1. The number of ether oxygens (including phenoxy) is 3. The molecule has 1 saturated heterocycles. The minimum Gasteiger partial charge on any atom is -0.494 e. The van der Waals surface area contributed by atoms with E-state index in [-0.39, 0.29) is 55.2 Å². The van der Waals surface area contributed by atoms with E-state index < -0.39 is 111 Å². The number of nitrogens with one attached hydrogen (secondary N) is 1. The predicted molar refractivity (Wildman–Crippen MR) is 212 cm³/mol. The summed E-state index contributed by atoms with van der Waals surface area (Å²) in [6.07, 6.45) is 4.66. The number of amides is 2. The third-order valence-electron chi connectivity index (χ3n) is 12.8. The van der Waals surface area contributed by atoms with E-state index in [1.165, 1.54) is 30.3 Å². The molecule has 1 aromatic carbocycles. The van der Waals surface area contributed by atoms with Gasteiger partial charge in [-0.15, -0.1) is 0 Å². The fourth-order valence-corrected chi connectivity index (χ4v) is 9.69. The number of benzene rings is 1. The van der Waals surface area contributed by atoms with Crippen LogP contribution in [0.1, 0.15) is 110 Å². The number of alkyl halides is 2. The van der Waals surface area contributed by atoms with Crippen molar-refractivity contribution in [2.75, 3.05) is 13.7 Å². The van der Waals surface area contributed by atoms with Gasteiger partial charge in [-0.05, 0) is 101 Å². The van der Waals surface area contributed by atoms with E-state index in [0.29, 0.717) is 38.0 Å². The van der Waals surface area contributed by atoms with Crippen molar-refractivity contribution in [1.82, 2.24) is 14.6 Å². The number of Topliss-reactive ketones (excluding diaryl/α,β-unsaturated/α-hetero) is 1. The molecule has 2 saturated carbocycles. The summed E-state index contributed by atoms with van der Waals surface area (Å²) in [5.41, 5.74) is -3.80. The molecule has 0 spiro atoms. The molecule has 0 unspecified atom stereocenters. The average molecular weight is 851 g/mol. The lowest BCUT2D eigenvalue weighted by Crippen LogP contribution is -2.49. The number of pyridine rings is 1. The van der Waals surface area contributed by atoms with Crippen molar-refractivity contribution in [3.63, 3.8) is 0 Å². The van der Waals surface area contributed by atoms with Crippen molar-refractivity contribution in [2.45, 2.75) is 134 Å². The highest BCUT2D eigenvalue weighted by atomic mass is 32.2. The maximum absolute atomic E-state index is 15.1. The van der Waals surface area contributed by atoms with Crippen LogP contribution in [0.3, 0.4) is 0 Å². The number of aromatic nitrogens is 1. The summed E-state index contributed by atoms with van der Waals surface area (Å²) in [7, 11) is -3.40. The minimum absolute atomic E-state index is 0.00323. The Kier molecular flexibility index (Phi) is 11.1. The Morgan fingerprint density at radius 2 is 1.88 bits per heavy atom. The first-order valence-electron chi connectivity index (χ1n) is 21.7. The number of carbonyl (C=O) groups excluding carboxylic acids is 4. The topological polar surface area (TPSA) is 158 Å². The van der Waals surface area contributed by atoms with Gasteiger partial charge in [0.15, 0.2) is 23.0 Å². The van der Waals surface area contributed by atoms with Crippen LogP contribution >= 0.6 is 0 Å². The van der Waals surface area contributed by atoms with Crippen LogP contribution < -0.4 is 14.2 Å². The number of hydrogen-bond acceptors (Lipinski definition) is 10. The molecule has 1 N–H and O–H groups in total. The second-order valence-electron chi connectivity index (χ2n) is 17.5. The lowest BCUT2D eigenvalue weighted by molar-refractivity contribution is -0.197. The first-order chi connectivity index (χ1) is 28.8. The second-order valence-corrected chi connectivity index (χ2v) is 19.5. The smallest absolute Gasteiger partial charge is 0.307 e. The molecular formula is C43H56F3N3O9S. The Morgan fingerprint density at radius 1 is 1.15 bits per heavy atom. The van der Waals surface area contributed by atoms with Crippen molar-refractivity contribution in [3.05, 3.63) is 42.4 Å². The number of carbonyl (C=O) groups is 4. The Balaban J connectivity index is 1.38. The predicted octanol–water partition coefficient (Wildman–Crippen LogP) is 7.08. The van der Waals surface area contributed by atoms with Gasteiger partial charge >= 0.3 is 5.97 Å². The van der Waals surface area contributed by atoms with Crippen LogP contribution in [0.5, 0.6) is 11.6 Å². The number of fused-ring (bicyclic) bond motifs is 3. The Hall–Kier alpha value is -4.21. The summed E-state index contributed by atoms with van der Waals surface area (Å²) in [6, 6.07) is 2.99. The zero-order chi connectivity index (χ0) is 45.8. The van der Waals surface area contributed by atoms with Gasteiger partial charge in [0.2, 0.25) is 27.7 Å². The fourth-order valence-electron chi connectivity index (χ4n) is 8.40. The maximum Gasteiger partial charge on any atom is 0.307 e. The van der Waals surface area contributed by atoms with Crippen LogP contribution in [-0.2, 0) is 33.9 Å². The molecule has 2 amide bonds. The molecule has 3 fully saturated rings. The Morgan fingerprint density at radius 3 is 2.53 bits per heavy atom. The first kappa shape index (κ1) is 40.2. The maximum atomic E-state index is 15.1. The largest absolute Gasteiger partial charge is 0.494 e. The van der Waals surface area contributed by atoms with Gasteiger partial charge in [-0.2, -0.15) is 0 Å². The van der Waals surface area contributed by atoms with Crippen LogP contribution in [0.4, 0.5) is 13.2 Å². The minimum atomic E-state index is -4.72.